The van der Waals surface area contributed by atoms with Crippen molar-refractivity contribution in [2.75, 3.05) is 5.75 Å². The van der Waals surface area contributed by atoms with Crippen molar-refractivity contribution in [3.05, 3.63) is 22.5 Å². The van der Waals surface area contributed by atoms with Crippen molar-refractivity contribution in [3.8, 4) is 0 Å². The lowest BCUT2D eigenvalue weighted by Gasteiger charge is -2.29. The molecular formula is C19H24N2O5S. The van der Waals surface area contributed by atoms with Gasteiger partial charge in [-0.15, -0.1) is 11.8 Å². The average Bonchev–Trinajstić information content (AvgIpc) is 3.18. The zero-order valence-corrected chi connectivity index (χ0v) is 17.0. The molecule has 2 saturated heterocycles. The summed E-state index contributed by atoms with van der Waals surface area (Å²) in [7, 11) is 0. The molecular weight excluding hydrogens is 368 g/mol. The number of fused-ring (bicyclic) bond motifs is 1. The largest absolute Gasteiger partial charge is 0.453 e. The summed E-state index contributed by atoms with van der Waals surface area (Å²) >= 11 is 1.57. The fraction of sp³-hybridized carbons (Fsp3) is 0.579. The number of aromatic nitrogens is 1. The highest BCUT2D eigenvalue weighted by atomic mass is 32.2. The van der Waals surface area contributed by atoms with Crippen molar-refractivity contribution in [1.82, 2.24) is 9.88 Å². The number of carbonyl (C=O) groups is 4. The number of amides is 1. The lowest BCUT2D eigenvalue weighted by atomic mass is 10.0. The van der Waals surface area contributed by atoms with Crippen LogP contribution in [-0.2, 0) is 14.3 Å². The van der Waals surface area contributed by atoms with Crippen LogP contribution in [0.4, 0.5) is 0 Å². The molecule has 3 atom stereocenters. The quantitative estimate of drug-likeness (QED) is 0.611. The van der Waals surface area contributed by atoms with Crippen LogP contribution in [0, 0.1) is 13.8 Å². The number of rotatable bonds is 5. The normalized spacial score (nSPS) is 25.4. The molecule has 1 N–H and O–H groups in total. The first-order valence-corrected chi connectivity index (χ1v) is 9.96. The van der Waals surface area contributed by atoms with Crippen LogP contribution in [0.3, 0.4) is 0 Å². The van der Waals surface area contributed by atoms with Crippen LogP contribution >= 0.6 is 11.8 Å². The minimum Gasteiger partial charge on any atom is -0.453 e. The summed E-state index contributed by atoms with van der Waals surface area (Å²) in [6, 6.07) is -0.662. The van der Waals surface area contributed by atoms with Crippen molar-refractivity contribution >= 4 is 35.2 Å². The van der Waals surface area contributed by atoms with E-state index in [1.807, 2.05) is 6.92 Å². The minimum atomic E-state index is -1.01. The van der Waals surface area contributed by atoms with Crippen LogP contribution < -0.4 is 0 Å². The first-order valence-electron chi connectivity index (χ1n) is 8.97. The molecule has 0 saturated carbocycles. The topological polar surface area (TPSA) is 96.5 Å². The van der Waals surface area contributed by atoms with Gasteiger partial charge in [-0.05, 0) is 46.6 Å². The highest BCUT2D eigenvalue weighted by molar-refractivity contribution is 8.01. The summed E-state index contributed by atoms with van der Waals surface area (Å²) in [5.74, 6) is -0.658. The van der Waals surface area contributed by atoms with Crippen molar-refractivity contribution in [2.24, 2.45) is 0 Å². The average molecular weight is 392 g/mol. The number of thioether (sulfide) groups is 1. The molecule has 3 unspecified atom stereocenters. The van der Waals surface area contributed by atoms with E-state index in [2.05, 4.69) is 4.98 Å². The van der Waals surface area contributed by atoms with Gasteiger partial charge in [0, 0.05) is 23.4 Å². The van der Waals surface area contributed by atoms with Gasteiger partial charge in [-0.2, -0.15) is 0 Å². The van der Waals surface area contributed by atoms with Gasteiger partial charge < -0.3 is 14.6 Å². The molecule has 0 bridgehead atoms. The van der Waals surface area contributed by atoms with Gasteiger partial charge in [-0.3, -0.25) is 14.4 Å². The number of carbonyl (C=O) groups excluding carboxylic acids is 4. The van der Waals surface area contributed by atoms with Gasteiger partial charge in [0.05, 0.1) is 10.6 Å². The summed E-state index contributed by atoms with van der Waals surface area (Å²) in [5.41, 5.74) is 1.95. The minimum absolute atomic E-state index is 0.0506. The van der Waals surface area contributed by atoms with Gasteiger partial charge in [-0.25, -0.2) is 4.79 Å². The predicted octanol–water partition coefficient (Wildman–Crippen LogP) is 2.40. The second-order valence-corrected chi connectivity index (χ2v) is 8.89. The Labute approximate surface area is 162 Å². The van der Waals surface area contributed by atoms with E-state index in [9.17, 15) is 19.2 Å². The van der Waals surface area contributed by atoms with Gasteiger partial charge in [0.2, 0.25) is 11.7 Å². The molecule has 3 rings (SSSR count). The molecule has 3 heterocycles. The maximum absolute atomic E-state index is 12.8. The maximum atomic E-state index is 12.8. The zero-order valence-electron chi connectivity index (χ0n) is 16.2. The Balaban J connectivity index is 1.74. The predicted molar refractivity (Wildman–Crippen MR) is 101 cm³/mol. The third-order valence-electron chi connectivity index (χ3n) is 5.42. The lowest BCUT2D eigenvalue weighted by molar-refractivity contribution is -0.155. The molecule has 0 aromatic carbocycles. The lowest BCUT2D eigenvalue weighted by Crippen LogP contribution is -2.47. The van der Waals surface area contributed by atoms with Crippen LogP contribution in [0.15, 0.2) is 0 Å². The first kappa shape index (κ1) is 19.7. The smallest absolute Gasteiger partial charge is 0.330 e. The van der Waals surface area contributed by atoms with E-state index in [0.717, 1.165) is 0 Å². The molecule has 2 aliphatic heterocycles. The Hall–Kier alpha value is -2.09. The Morgan fingerprint density at radius 2 is 2.00 bits per heavy atom. The van der Waals surface area contributed by atoms with Crippen molar-refractivity contribution < 1.29 is 23.9 Å². The number of aromatic amines is 1. The second kappa shape index (κ2) is 6.82. The molecule has 8 heteroatoms. The molecule has 0 radical (unpaired) electrons. The monoisotopic (exact) mass is 392 g/mol. The van der Waals surface area contributed by atoms with E-state index in [1.54, 1.807) is 30.5 Å². The Kier molecular flexibility index (Phi) is 4.96. The molecule has 2 aliphatic rings. The SMILES string of the molecule is CC(=O)c1c(C)[nH]c(C(=O)C(C)OC(=O)C2CSC3(C)CCC(=O)N23)c1C. The van der Waals surface area contributed by atoms with E-state index in [0.29, 0.717) is 35.4 Å². The van der Waals surface area contributed by atoms with E-state index >= 15 is 0 Å². The van der Waals surface area contributed by atoms with Crippen LogP contribution in [0.1, 0.15) is 65.7 Å². The van der Waals surface area contributed by atoms with Crippen molar-refractivity contribution in [2.45, 2.75) is 64.5 Å². The van der Waals surface area contributed by atoms with Gasteiger partial charge in [-0.1, -0.05) is 0 Å². The molecule has 146 valence electrons. The van der Waals surface area contributed by atoms with E-state index in [1.165, 1.54) is 13.8 Å². The molecule has 1 aromatic rings. The number of hydrogen-bond acceptors (Lipinski definition) is 6. The number of hydrogen-bond donors (Lipinski definition) is 1. The summed E-state index contributed by atoms with van der Waals surface area (Å²) in [5, 5.41) is 0. The summed E-state index contributed by atoms with van der Waals surface area (Å²) in [6.07, 6.45) is 0.128. The van der Waals surface area contributed by atoms with Crippen LogP contribution in [-0.4, -0.2) is 56.1 Å². The van der Waals surface area contributed by atoms with Gasteiger partial charge in [0.1, 0.15) is 6.04 Å². The van der Waals surface area contributed by atoms with Gasteiger partial charge in [0.25, 0.3) is 0 Å². The van der Waals surface area contributed by atoms with E-state index in [4.69, 9.17) is 4.74 Å². The third-order valence-corrected chi connectivity index (χ3v) is 6.92. The molecule has 1 aromatic heterocycles. The van der Waals surface area contributed by atoms with E-state index in [-0.39, 0.29) is 22.3 Å². The number of Topliss-reactive ketones (excluding diaryl/α,β-unsaturated/α-hetero) is 2. The van der Waals surface area contributed by atoms with Crippen molar-refractivity contribution in [1.29, 1.82) is 0 Å². The number of esters is 1. The Bertz CT molecular complexity index is 845. The third kappa shape index (κ3) is 3.20. The fourth-order valence-electron chi connectivity index (χ4n) is 4.03. The van der Waals surface area contributed by atoms with Gasteiger partial charge in [0.15, 0.2) is 11.9 Å². The van der Waals surface area contributed by atoms with Crippen molar-refractivity contribution in [3.63, 3.8) is 0 Å². The molecule has 27 heavy (non-hydrogen) atoms. The number of nitrogens with zero attached hydrogens (tertiary/aromatic N) is 1. The highest BCUT2D eigenvalue weighted by Crippen LogP contribution is 2.47. The molecule has 1 amide bonds. The summed E-state index contributed by atoms with van der Waals surface area (Å²) in [4.78, 5) is 53.5. The summed E-state index contributed by atoms with van der Waals surface area (Å²) < 4.78 is 5.42. The summed E-state index contributed by atoms with van der Waals surface area (Å²) in [6.45, 7) is 8.34. The number of aryl methyl sites for hydroxylation is 1. The Morgan fingerprint density at radius 3 is 2.59 bits per heavy atom. The van der Waals surface area contributed by atoms with Crippen LogP contribution in [0.25, 0.3) is 0 Å². The zero-order chi connectivity index (χ0) is 20.1. The second-order valence-electron chi connectivity index (χ2n) is 7.39. The molecule has 0 aliphatic carbocycles. The van der Waals surface area contributed by atoms with E-state index < -0.39 is 23.9 Å². The molecule has 2 fully saturated rings. The number of ketones is 2. The standard InChI is InChI=1S/C19H24N2O5S/c1-9-15(11(3)22)10(2)20-16(9)17(24)12(4)26-18(25)13-8-27-19(5)7-6-14(23)21(13)19/h12-13,20H,6-8H2,1-5H3. The van der Waals surface area contributed by atoms with Gasteiger partial charge >= 0.3 is 5.97 Å². The molecule has 0 spiro atoms. The number of nitrogens with one attached hydrogen (secondary N) is 1. The first-order chi connectivity index (χ1) is 12.6. The fourth-order valence-corrected chi connectivity index (χ4v) is 5.45. The number of H-pyrrole nitrogens is 1. The Morgan fingerprint density at radius 1 is 1.33 bits per heavy atom. The maximum Gasteiger partial charge on any atom is 0.330 e. The number of ether oxygens (including phenoxy) is 1. The highest BCUT2D eigenvalue weighted by Gasteiger charge is 2.53. The molecule has 7 nitrogen and oxygen atoms in total. The van der Waals surface area contributed by atoms with Crippen LogP contribution in [0.5, 0.6) is 0 Å². The van der Waals surface area contributed by atoms with Crippen LogP contribution in [0.2, 0.25) is 0 Å².